The maximum Gasteiger partial charge on any atom is 1.00 e. The van der Waals surface area contributed by atoms with Crippen LogP contribution in [-0.2, 0) is 65.4 Å². The smallest absolute Gasteiger partial charge is 0.756 e. The molecule has 0 saturated carbocycles. The Morgan fingerprint density at radius 3 is 0.820 bits per heavy atom. The number of hydrogen-bond donors (Lipinski definition) is 1. The van der Waals surface area contributed by atoms with Gasteiger partial charge < -0.3 is 51.9 Å². The van der Waals surface area contributed by atoms with Crippen molar-refractivity contribution in [2.45, 2.75) is 303 Å². The van der Waals surface area contributed by atoms with Crippen molar-refractivity contribution in [3.8, 4) is 0 Å². The van der Waals surface area contributed by atoms with Crippen molar-refractivity contribution >= 4 is 86.7 Å². The second-order valence-corrected chi connectivity index (χ2v) is 26.5. The van der Waals surface area contributed by atoms with Crippen LogP contribution < -0.4 is 68.9 Å². The number of nitrogens with zero attached hydrogens (tertiary/aromatic N) is 1. The maximum absolute atomic E-state index is 12.8. The number of phosphoric ester groups is 2. The molecule has 0 saturated heterocycles. The van der Waals surface area contributed by atoms with Gasteiger partial charge in [0.15, 0.2) is 12.2 Å². The van der Waals surface area contributed by atoms with Crippen LogP contribution in [0, 0.1) is 0 Å². The number of phosphoric acid groups is 2. The van der Waals surface area contributed by atoms with E-state index in [1.54, 1.807) is 0 Å². The quantitative estimate of drug-likeness (QED) is 0.0148. The van der Waals surface area contributed by atoms with E-state index in [1.165, 1.54) is 103 Å². The molecule has 0 aromatic heterocycles. The number of aliphatic hydroxyl groups excluding tert-OH is 1. The first-order valence-electron chi connectivity index (χ1n) is 33.5. The SMILES string of the molecule is CCCCCCCCCCCC(=O)OCC(COP(=O)([O-])OCC(O)COP(=O)([O-])OCC(COC(=O)CCCCCCCCCCC)OC(=O)CCCCCCCCCCC)OC(=O)CCCCCCCCCCC.Cl.ClCCN(CCCl)CCCl.[Na+].[Na+]. The van der Waals surface area contributed by atoms with Gasteiger partial charge in [-0.1, -0.05) is 233 Å². The van der Waals surface area contributed by atoms with Gasteiger partial charge in [-0.25, -0.2) is 0 Å². The third-order valence-electron chi connectivity index (χ3n) is 14.3. The van der Waals surface area contributed by atoms with Crippen LogP contribution in [0.25, 0.3) is 0 Å². The number of carbonyl (C=O) groups is 4. The molecule has 0 aliphatic carbocycles. The van der Waals surface area contributed by atoms with Crippen LogP contribution in [0.1, 0.15) is 285 Å². The van der Waals surface area contributed by atoms with Crippen molar-refractivity contribution in [3.05, 3.63) is 0 Å². The second kappa shape index (κ2) is 73.4. The second-order valence-electron chi connectivity index (χ2n) is 22.5. The van der Waals surface area contributed by atoms with E-state index in [9.17, 15) is 43.2 Å². The van der Waals surface area contributed by atoms with Crippen molar-refractivity contribution in [2.75, 3.05) is 76.9 Å². The Morgan fingerprint density at radius 2 is 0.584 bits per heavy atom. The van der Waals surface area contributed by atoms with E-state index < -0.39 is 97.5 Å². The Labute approximate surface area is 605 Å². The van der Waals surface area contributed by atoms with Gasteiger partial charge in [0.2, 0.25) is 0 Å². The molecular weight excluding hydrogens is 1290 g/mol. The summed E-state index contributed by atoms with van der Waals surface area (Å²) in [6.07, 6.45) is 34.2. The molecule has 0 aromatic carbocycles. The summed E-state index contributed by atoms with van der Waals surface area (Å²) in [5, 5.41) is 10.4. The Balaban J connectivity index is -0.00000165. The fourth-order valence-electron chi connectivity index (χ4n) is 9.08. The molecule has 26 heteroatoms. The molecule has 0 bridgehead atoms. The van der Waals surface area contributed by atoms with Crippen LogP contribution in [-0.4, -0.2) is 129 Å². The van der Waals surface area contributed by atoms with Crippen LogP contribution in [0.4, 0.5) is 0 Å². The molecule has 0 aliphatic rings. The van der Waals surface area contributed by atoms with Crippen LogP contribution >= 0.6 is 62.9 Å². The topological polar surface area (TPSA) is 246 Å². The average molecular weight is 1410 g/mol. The average Bonchev–Trinajstić information content (AvgIpc) is 3.55. The third-order valence-corrected chi connectivity index (χ3v) is 16.7. The summed E-state index contributed by atoms with van der Waals surface area (Å²) >= 11 is 16.6. The van der Waals surface area contributed by atoms with Gasteiger partial charge in [0.1, 0.15) is 19.3 Å². The summed E-state index contributed by atoms with van der Waals surface area (Å²) in [7, 11) is -10.4. The summed E-state index contributed by atoms with van der Waals surface area (Å²) in [6, 6.07) is 0. The molecule has 4 unspecified atom stereocenters. The van der Waals surface area contributed by atoms with Gasteiger partial charge >= 0.3 is 83.0 Å². The standard InChI is InChI=1S/C57H110O17P2.C6H12Cl3N.ClH.2Na/c1-5-9-13-17-21-25-29-33-37-41-54(59)67-47-52(73-56(61)43-39-35-31-27-23-19-15-11-7-3)49-71-75(63,64)69-45-51(58)46-70-76(65,66)72-50-53(74-57(62)44-40-36-32-28-24-20-16-12-8-4)48-68-55(60)42-38-34-30-26-22-18-14-10-6-2;7-1-4-10(5-2-8)6-3-9;;;/h51-53,58H,5-50H2,1-4H3,(H,63,64)(H,65,66);1-6H2;1H;;/q;;;2*+1/p-2. The molecule has 1 N–H and O–H groups in total. The summed E-state index contributed by atoms with van der Waals surface area (Å²) in [6.45, 7) is 6.99. The maximum atomic E-state index is 12.8. The summed E-state index contributed by atoms with van der Waals surface area (Å²) in [5.74, 6) is -0.301. The van der Waals surface area contributed by atoms with Gasteiger partial charge in [0, 0.05) is 63.0 Å². The van der Waals surface area contributed by atoms with E-state index >= 15 is 0 Å². The van der Waals surface area contributed by atoms with Gasteiger partial charge in [-0.15, -0.1) is 47.2 Å². The zero-order valence-corrected chi connectivity index (χ0v) is 65.2. The molecule has 18 nitrogen and oxygen atoms in total. The number of hydrogen-bond acceptors (Lipinski definition) is 18. The zero-order valence-electron chi connectivity index (χ0n) is 56.4. The fourth-order valence-corrected chi connectivity index (χ4v) is 11.4. The van der Waals surface area contributed by atoms with Crippen molar-refractivity contribution < 1.29 is 139 Å². The first-order chi connectivity index (χ1) is 41.5. The number of esters is 4. The van der Waals surface area contributed by atoms with Gasteiger partial charge in [-0.05, 0) is 25.7 Å². The molecule has 4 atom stereocenters. The molecule has 89 heavy (non-hydrogen) atoms. The number of aliphatic hydroxyl groups is 1. The number of rotatable bonds is 64. The number of halogens is 4. The van der Waals surface area contributed by atoms with Crippen LogP contribution in [0.15, 0.2) is 0 Å². The van der Waals surface area contributed by atoms with E-state index in [-0.39, 0.29) is 97.2 Å². The van der Waals surface area contributed by atoms with Crippen LogP contribution in [0.5, 0.6) is 0 Å². The van der Waals surface area contributed by atoms with Crippen LogP contribution in [0.3, 0.4) is 0 Å². The Bertz CT molecular complexity index is 1560. The first-order valence-corrected chi connectivity index (χ1v) is 38.0. The molecule has 0 heterocycles. The number of carbonyl (C=O) groups excluding carboxylic acids is 4. The molecule has 0 aromatic rings. The van der Waals surface area contributed by atoms with Gasteiger partial charge in [-0.2, -0.15) is 0 Å². The number of ether oxygens (including phenoxy) is 4. The Hall–Kier alpha value is 1.18. The minimum absolute atomic E-state index is 0. The molecule has 0 radical (unpaired) electrons. The van der Waals surface area contributed by atoms with E-state index in [0.29, 0.717) is 43.3 Å². The van der Waals surface area contributed by atoms with Crippen molar-refractivity contribution in [1.82, 2.24) is 4.90 Å². The summed E-state index contributed by atoms with van der Waals surface area (Å²) in [5.41, 5.74) is 0. The van der Waals surface area contributed by atoms with E-state index in [4.69, 9.17) is 71.8 Å². The monoisotopic (exact) mass is 1410 g/mol. The van der Waals surface area contributed by atoms with E-state index in [0.717, 1.165) is 122 Å². The molecule has 520 valence electrons. The molecule has 0 rings (SSSR count). The molecular formula is C63H121Cl4NNa2O17P2. The predicted octanol–water partition coefficient (Wildman–Crippen LogP) is 10.4. The zero-order chi connectivity index (χ0) is 64.0. The van der Waals surface area contributed by atoms with E-state index in [1.807, 2.05) is 0 Å². The third kappa shape index (κ3) is 73.3. The first kappa shape index (κ1) is 98.8. The van der Waals surface area contributed by atoms with E-state index in [2.05, 4.69) is 32.6 Å². The molecule has 0 spiro atoms. The Kier molecular flexibility index (Phi) is 81.6. The fraction of sp³-hybridized carbons (Fsp3) is 0.937. The molecule has 0 amide bonds. The van der Waals surface area contributed by atoms with Crippen molar-refractivity contribution in [2.24, 2.45) is 0 Å². The Morgan fingerprint density at radius 1 is 0.371 bits per heavy atom. The molecule has 0 fully saturated rings. The van der Waals surface area contributed by atoms with Gasteiger partial charge in [-0.3, -0.25) is 33.2 Å². The minimum atomic E-state index is -5.20. The predicted molar refractivity (Wildman–Crippen MR) is 350 cm³/mol. The van der Waals surface area contributed by atoms with Crippen molar-refractivity contribution in [3.63, 3.8) is 0 Å². The van der Waals surface area contributed by atoms with Gasteiger partial charge in [0.25, 0.3) is 15.6 Å². The van der Waals surface area contributed by atoms with Crippen molar-refractivity contribution in [1.29, 1.82) is 0 Å². The summed E-state index contributed by atoms with van der Waals surface area (Å²) < 4.78 is 66.7. The summed E-state index contributed by atoms with van der Waals surface area (Å²) in [4.78, 5) is 78.4. The minimum Gasteiger partial charge on any atom is -0.756 e. The molecule has 0 aliphatic heterocycles. The van der Waals surface area contributed by atoms with Crippen LogP contribution in [0.2, 0.25) is 0 Å². The number of alkyl halides is 3. The number of unbranched alkanes of at least 4 members (excludes halogenated alkanes) is 32. The normalized spacial score (nSPS) is 13.5. The van der Waals surface area contributed by atoms with Gasteiger partial charge in [0.05, 0.1) is 26.4 Å². The largest absolute Gasteiger partial charge is 1.00 e.